The van der Waals surface area contributed by atoms with Crippen LogP contribution in [0.25, 0.3) is 0 Å². The van der Waals surface area contributed by atoms with E-state index in [1.54, 1.807) is 6.07 Å². The second-order valence-electron chi connectivity index (χ2n) is 2.29. The summed E-state index contributed by atoms with van der Waals surface area (Å²) in [6, 6.07) is 5.43. The number of nitrogens with two attached hydrogens (primary N) is 1. The van der Waals surface area contributed by atoms with Crippen LogP contribution in [0.2, 0.25) is 0 Å². The van der Waals surface area contributed by atoms with Crippen LogP contribution in [0.1, 0.15) is 12.1 Å². The van der Waals surface area contributed by atoms with Crippen molar-refractivity contribution in [2.24, 2.45) is 5.84 Å². The van der Waals surface area contributed by atoms with E-state index in [4.69, 9.17) is 17.4 Å². The summed E-state index contributed by atoms with van der Waals surface area (Å²) >= 11 is 5.47. The van der Waals surface area contributed by atoms with Gasteiger partial charge in [-0.25, -0.2) is 10.8 Å². The highest BCUT2D eigenvalue weighted by Crippen LogP contribution is 2.01. The maximum atomic E-state index is 5.47. The molecule has 0 bridgehead atoms. The number of halogens is 1. The Kier molecular flexibility index (Phi) is 4.10. The lowest BCUT2D eigenvalue weighted by molar-refractivity contribution is 1.20. The molecule has 0 radical (unpaired) electrons. The Labute approximate surface area is 82.3 Å². The Morgan fingerprint density at radius 1 is 1.54 bits per heavy atom. The molecule has 0 saturated heterocycles. The normalized spacial score (nSPS) is 8.77. The molecule has 1 aromatic heterocycles. The Morgan fingerprint density at radius 2 is 2.38 bits per heavy atom. The first-order valence-electron chi connectivity index (χ1n) is 3.85. The second-order valence-corrected chi connectivity index (χ2v) is 2.67. The minimum absolute atomic E-state index is 0.543. The fraction of sp³-hybridized carbons (Fsp3) is 0.222. The van der Waals surface area contributed by atoms with E-state index in [-0.39, 0.29) is 0 Å². The third kappa shape index (κ3) is 3.32. The van der Waals surface area contributed by atoms with Gasteiger partial charge in [-0.15, -0.1) is 11.6 Å². The molecule has 1 aromatic rings. The minimum Gasteiger partial charge on any atom is -0.308 e. The van der Waals surface area contributed by atoms with Crippen LogP contribution in [-0.2, 0) is 0 Å². The molecule has 4 heteroatoms. The summed E-state index contributed by atoms with van der Waals surface area (Å²) in [5.74, 6) is 12.1. The number of hydrogen-bond acceptors (Lipinski definition) is 3. The zero-order valence-electron chi connectivity index (χ0n) is 7.05. The molecule has 0 amide bonds. The fourth-order valence-corrected chi connectivity index (χ4v) is 0.880. The average Bonchev–Trinajstić information content (AvgIpc) is 2.19. The van der Waals surface area contributed by atoms with E-state index in [2.05, 4.69) is 22.3 Å². The number of hydrogen-bond donors (Lipinski definition) is 2. The largest absolute Gasteiger partial charge is 0.308 e. The molecule has 0 aromatic carbocycles. The van der Waals surface area contributed by atoms with Gasteiger partial charge in [0.05, 0.1) is 0 Å². The lowest BCUT2D eigenvalue weighted by Crippen LogP contribution is -2.08. The predicted octanol–water partition coefficient (Wildman–Crippen LogP) is 1.35. The van der Waals surface area contributed by atoms with Crippen LogP contribution in [0.4, 0.5) is 5.82 Å². The molecule has 3 nitrogen and oxygen atoms in total. The summed E-state index contributed by atoms with van der Waals surface area (Å²) in [4.78, 5) is 4.11. The number of nitrogen functional groups attached to an aromatic ring is 1. The SMILES string of the molecule is NNc1cccc(C#CCCCl)n1. The highest BCUT2D eigenvalue weighted by atomic mass is 35.5. The summed E-state index contributed by atoms with van der Waals surface area (Å²) in [7, 11) is 0. The van der Waals surface area contributed by atoms with Crippen LogP contribution < -0.4 is 11.3 Å². The number of aromatic nitrogens is 1. The quantitative estimate of drug-likeness (QED) is 0.324. The van der Waals surface area contributed by atoms with E-state index in [9.17, 15) is 0 Å². The van der Waals surface area contributed by atoms with Crippen molar-refractivity contribution in [3.05, 3.63) is 23.9 Å². The number of alkyl halides is 1. The summed E-state index contributed by atoms with van der Waals surface area (Å²) in [6.07, 6.45) is 0.670. The molecule has 0 spiro atoms. The molecule has 13 heavy (non-hydrogen) atoms. The van der Waals surface area contributed by atoms with E-state index in [0.717, 1.165) is 0 Å². The standard InChI is InChI=1S/C9H10ClN3/c10-7-2-1-4-8-5-3-6-9(12-8)13-11/h3,5-6H,2,7,11H2,(H,12,13). The molecule has 0 aliphatic heterocycles. The van der Waals surface area contributed by atoms with Crippen molar-refractivity contribution in [2.75, 3.05) is 11.3 Å². The van der Waals surface area contributed by atoms with Crippen LogP contribution >= 0.6 is 11.6 Å². The minimum atomic E-state index is 0.543. The van der Waals surface area contributed by atoms with Gasteiger partial charge in [0.1, 0.15) is 11.5 Å². The van der Waals surface area contributed by atoms with Crippen molar-refractivity contribution in [1.29, 1.82) is 0 Å². The van der Waals surface area contributed by atoms with Gasteiger partial charge in [0.2, 0.25) is 0 Å². The molecule has 0 aliphatic rings. The number of hydrazine groups is 1. The molecule has 0 unspecified atom stereocenters. The number of anilines is 1. The maximum Gasteiger partial charge on any atom is 0.141 e. The zero-order chi connectivity index (χ0) is 9.52. The predicted molar refractivity (Wildman–Crippen MR) is 54.3 cm³/mol. The Bertz CT molecular complexity index is 327. The topological polar surface area (TPSA) is 50.9 Å². The third-order valence-electron chi connectivity index (χ3n) is 1.33. The lowest BCUT2D eigenvalue weighted by atomic mass is 10.3. The highest BCUT2D eigenvalue weighted by Gasteiger charge is 1.90. The Balaban J connectivity index is 2.73. The molecule has 68 valence electrons. The lowest BCUT2D eigenvalue weighted by Gasteiger charge is -1.96. The molecule has 3 N–H and O–H groups in total. The molecule has 0 aliphatic carbocycles. The molecule has 0 fully saturated rings. The molecule has 1 heterocycles. The smallest absolute Gasteiger partial charge is 0.141 e. The van der Waals surface area contributed by atoms with Gasteiger partial charge in [-0.1, -0.05) is 12.0 Å². The molecule has 1 rings (SSSR count). The monoisotopic (exact) mass is 195 g/mol. The summed E-state index contributed by atoms with van der Waals surface area (Å²) < 4.78 is 0. The Hall–Kier alpha value is -1.24. The first kappa shape index (κ1) is 9.85. The number of nitrogens with one attached hydrogen (secondary N) is 1. The van der Waals surface area contributed by atoms with Gasteiger partial charge in [-0.2, -0.15) is 0 Å². The van der Waals surface area contributed by atoms with E-state index in [1.165, 1.54) is 0 Å². The number of pyridine rings is 1. The van der Waals surface area contributed by atoms with Crippen LogP contribution in [-0.4, -0.2) is 10.9 Å². The van der Waals surface area contributed by atoms with Crippen molar-refractivity contribution in [3.8, 4) is 11.8 Å². The number of nitrogens with zero attached hydrogens (tertiary/aromatic N) is 1. The summed E-state index contributed by atoms with van der Waals surface area (Å²) in [5, 5.41) is 0. The molecule has 0 atom stereocenters. The molecular formula is C9H10ClN3. The van der Waals surface area contributed by atoms with Gasteiger partial charge in [0.15, 0.2) is 0 Å². The average molecular weight is 196 g/mol. The van der Waals surface area contributed by atoms with Crippen molar-refractivity contribution >= 4 is 17.4 Å². The van der Waals surface area contributed by atoms with Crippen molar-refractivity contribution < 1.29 is 0 Å². The van der Waals surface area contributed by atoms with Gasteiger partial charge in [-0.3, -0.25) is 0 Å². The van der Waals surface area contributed by atoms with Crippen molar-refractivity contribution in [1.82, 2.24) is 4.98 Å². The van der Waals surface area contributed by atoms with Gasteiger partial charge >= 0.3 is 0 Å². The maximum absolute atomic E-state index is 5.47. The summed E-state index contributed by atoms with van der Waals surface area (Å²) in [6.45, 7) is 0. The fourth-order valence-electron chi connectivity index (χ4n) is 0.785. The van der Waals surface area contributed by atoms with Crippen molar-refractivity contribution in [2.45, 2.75) is 6.42 Å². The van der Waals surface area contributed by atoms with Crippen molar-refractivity contribution in [3.63, 3.8) is 0 Å². The van der Waals surface area contributed by atoms with Crippen LogP contribution in [0.15, 0.2) is 18.2 Å². The van der Waals surface area contributed by atoms with Crippen LogP contribution in [0.3, 0.4) is 0 Å². The first-order valence-corrected chi connectivity index (χ1v) is 4.39. The van der Waals surface area contributed by atoms with Gasteiger partial charge in [0, 0.05) is 12.3 Å². The third-order valence-corrected chi connectivity index (χ3v) is 1.52. The second kappa shape index (κ2) is 5.41. The van der Waals surface area contributed by atoms with Gasteiger partial charge in [0.25, 0.3) is 0 Å². The first-order chi connectivity index (χ1) is 6.36. The van der Waals surface area contributed by atoms with Gasteiger partial charge in [-0.05, 0) is 18.1 Å². The Morgan fingerprint density at radius 3 is 3.08 bits per heavy atom. The van der Waals surface area contributed by atoms with E-state index in [1.807, 2.05) is 12.1 Å². The van der Waals surface area contributed by atoms with E-state index < -0.39 is 0 Å². The number of rotatable bonds is 2. The zero-order valence-corrected chi connectivity index (χ0v) is 7.80. The van der Waals surface area contributed by atoms with Gasteiger partial charge < -0.3 is 5.43 Å². The van der Waals surface area contributed by atoms with Crippen LogP contribution in [0.5, 0.6) is 0 Å². The van der Waals surface area contributed by atoms with E-state index in [0.29, 0.717) is 23.8 Å². The highest BCUT2D eigenvalue weighted by molar-refractivity contribution is 6.18. The molecular weight excluding hydrogens is 186 g/mol. The summed E-state index contributed by atoms with van der Waals surface area (Å²) in [5.41, 5.74) is 3.15. The van der Waals surface area contributed by atoms with Crippen LogP contribution in [0, 0.1) is 11.8 Å². The van der Waals surface area contributed by atoms with E-state index >= 15 is 0 Å². The molecule has 0 saturated carbocycles.